The van der Waals surface area contributed by atoms with Gasteiger partial charge in [-0.1, -0.05) is 13.8 Å². The van der Waals surface area contributed by atoms with Crippen molar-refractivity contribution >= 4 is 10.0 Å². The molecule has 0 aromatic carbocycles. The molecule has 5 nitrogen and oxygen atoms in total. The summed E-state index contributed by atoms with van der Waals surface area (Å²) < 4.78 is 38.0. The van der Waals surface area contributed by atoms with Crippen LogP contribution in [0.2, 0.25) is 0 Å². The van der Waals surface area contributed by atoms with Gasteiger partial charge in [0.15, 0.2) is 5.79 Å². The second kappa shape index (κ2) is 6.08. The fourth-order valence-electron chi connectivity index (χ4n) is 2.66. The van der Waals surface area contributed by atoms with Crippen LogP contribution in [0.4, 0.5) is 0 Å². The van der Waals surface area contributed by atoms with Gasteiger partial charge in [-0.2, -0.15) is 0 Å². The highest BCUT2D eigenvalue weighted by Crippen LogP contribution is 2.35. The first kappa shape index (κ1) is 15.2. The highest BCUT2D eigenvalue weighted by atomic mass is 32.2. The van der Waals surface area contributed by atoms with Crippen LogP contribution < -0.4 is 4.72 Å². The zero-order valence-electron chi connectivity index (χ0n) is 11.9. The molecule has 0 aromatic rings. The topological polar surface area (TPSA) is 64.6 Å². The monoisotopic (exact) mass is 291 g/mol. The fourth-order valence-corrected chi connectivity index (χ4v) is 4.31. The Kier molecular flexibility index (Phi) is 4.87. The van der Waals surface area contributed by atoms with Crippen molar-refractivity contribution < 1.29 is 17.9 Å². The summed E-state index contributed by atoms with van der Waals surface area (Å²) in [6.45, 7) is 5.39. The molecule has 0 atom stereocenters. The minimum absolute atomic E-state index is 0.0376. The van der Waals surface area contributed by atoms with E-state index in [2.05, 4.69) is 4.72 Å². The van der Waals surface area contributed by atoms with Crippen LogP contribution in [-0.2, 0) is 19.5 Å². The Hall–Kier alpha value is -0.170. The van der Waals surface area contributed by atoms with Crippen molar-refractivity contribution in [2.75, 3.05) is 19.0 Å². The van der Waals surface area contributed by atoms with Gasteiger partial charge >= 0.3 is 0 Å². The van der Waals surface area contributed by atoms with E-state index in [1.165, 1.54) is 0 Å². The fraction of sp³-hybridized carbons (Fsp3) is 1.00. The lowest BCUT2D eigenvalue weighted by Gasteiger charge is -2.35. The van der Waals surface area contributed by atoms with Crippen molar-refractivity contribution in [1.29, 1.82) is 0 Å². The van der Waals surface area contributed by atoms with E-state index in [0.717, 1.165) is 25.7 Å². The molecule has 1 spiro atoms. The number of sulfonamides is 1. The van der Waals surface area contributed by atoms with Crippen LogP contribution in [-0.4, -0.2) is 39.2 Å². The maximum atomic E-state index is 11.9. The first-order chi connectivity index (χ1) is 8.91. The molecule has 1 aliphatic heterocycles. The molecule has 1 saturated carbocycles. The maximum Gasteiger partial charge on any atom is 0.211 e. The van der Waals surface area contributed by atoms with E-state index in [1.54, 1.807) is 0 Å². The van der Waals surface area contributed by atoms with Crippen LogP contribution in [0.1, 0.15) is 46.0 Å². The summed E-state index contributed by atoms with van der Waals surface area (Å²) in [6.07, 6.45) is 3.86. The molecule has 2 aliphatic rings. The molecule has 19 heavy (non-hydrogen) atoms. The highest BCUT2D eigenvalue weighted by Gasteiger charge is 2.40. The van der Waals surface area contributed by atoms with Gasteiger partial charge in [-0.25, -0.2) is 13.1 Å². The van der Waals surface area contributed by atoms with Crippen LogP contribution in [0.25, 0.3) is 0 Å². The zero-order chi connectivity index (χ0) is 13.9. The zero-order valence-corrected chi connectivity index (χ0v) is 12.7. The quantitative estimate of drug-likeness (QED) is 0.836. The third-order valence-corrected chi connectivity index (χ3v) is 5.34. The van der Waals surface area contributed by atoms with Gasteiger partial charge < -0.3 is 9.47 Å². The molecule has 1 aliphatic carbocycles. The maximum absolute atomic E-state index is 11.9. The molecule has 0 radical (unpaired) electrons. The van der Waals surface area contributed by atoms with Crippen molar-refractivity contribution in [3.8, 4) is 0 Å². The lowest BCUT2D eigenvalue weighted by Crippen LogP contribution is -2.44. The van der Waals surface area contributed by atoms with Gasteiger partial charge in [0.2, 0.25) is 10.0 Å². The molecule has 2 rings (SSSR count). The number of nitrogens with one attached hydrogen (secondary N) is 1. The second-order valence-corrected chi connectivity index (χ2v) is 7.87. The van der Waals surface area contributed by atoms with Gasteiger partial charge in [0.1, 0.15) is 0 Å². The number of hydrogen-bond acceptors (Lipinski definition) is 4. The minimum Gasteiger partial charge on any atom is -0.348 e. The summed E-state index contributed by atoms with van der Waals surface area (Å²) in [5.41, 5.74) is 0. The van der Waals surface area contributed by atoms with Crippen molar-refractivity contribution in [3.05, 3.63) is 0 Å². The third kappa shape index (κ3) is 4.41. The van der Waals surface area contributed by atoms with Crippen LogP contribution >= 0.6 is 0 Å². The predicted octanol–water partition coefficient (Wildman–Crippen LogP) is 1.64. The SMILES string of the molecule is CC(C)CCS(=O)(=O)NC1CCC2(CC1)OCCO2. The lowest BCUT2D eigenvalue weighted by molar-refractivity contribution is -0.178. The number of ether oxygens (including phenoxy) is 2. The molecule has 0 amide bonds. The molecule has 1 N–H and O–H groups in total. The molecule has 0 unspecified atom stereocenters. The smallest absolute Gasteiger partial charge is 0.211 e. The van der Waals surface area contributed by atoms with Crippen LogP contribution in [0, 0.1) is 5.92 Å². The van der Waals surface area contributed by atoms with Gasteiger partial charge in [-0.15, -0.1) is 0 Å². The van der Waals surface area contributed by atoms with E-state index in [9.17, 15) is 8.42 Å². The van der Waals surface area contributed by atoms with Crippen LogP contribution in [0.15, 0.2) is 0 Å². The standard InChI is InChI=1S/C13H25NO4S/c1-11(2)5-10-19(15,16)14-12-3-6-13(7-4-12)17-8-9-18-13/h11-12,14H,3-10H2,1-2H3. The molecule has 1 saturated heterocycles. The van der Waals surface area contributed by atoms with Gasteiger partial charge in [0, 0.05) is 18.9 Å². The van der Waals surface area contributed by atoms with Crippen LogP contribution in [0.5, 0.6) is 0 Å². The average Bonchev–Trinajstić information content (AvgIpc) is 2.79. The summed E-state index contributed by atoms with van der Waals surface area (Å²) in [5, 5.41) is 0. The van der Waals surface area contributed by atoms with Gasteiger partial charge in [-0.3, -0.25) is 0 Å². The minimum atomic E-state index is -3.14. The van der Waals surface area contributed by atoms with E-state index in [0.29, 0.717) is 25.6 Å². The molecule has 2 fully saturated rings. The molecule has 1 heterocycles. The van der Waals surface area contributed by atoms with Gasteiger partial charge in [-0.05, 0) is 25.2 Å². The van der Waals surface area contributed by atoms with Crippen molar-refractivity contribution in [3.63, 3.8) is 0 Å². The highest BCUT2D eigenvalue weighted by molar-refractivity contribution is 7.89. The third-order valence-electron chi connectivity index (χ3n) is 3.87. The number of rotatable bonds is 5. The summed E-state index contributed by atoms with van der Waals surface area (Å²) in [4.78, 5) is 0. The van der Waals surface area contributed by atoms with E-state index < -0.39 is 15.8 Å². The molecule has 0 aromatic heterocycles. The molecule has 0 bridgehead atoms. The van der Waals surface area contributed by atoms with E-state index in [1.807, 2.05) is 13.8 Å². The second-order valence-electron chi connectivity index (χ2n) is 6.00. The largest absolute Gasteiger partial charge is 0.348 e. The Morgan fingerprint density at radius 3 is 2.32 bits per heavy atom. The Morgan fingerprint density at radius 2 is 1.79 bits per heavy atom. The Morgan fingerprint density at radius 1 is 1.21 bits per heavy atom. The summed E-state index contributed by atoms with van der Waals surface area (Å²) in [7, 11) is -3.14. The van der Waals surface area contributed by atoms with Crippen molar-refractivity contribution in [1.82, 2.24) is 4.72 Å². The first-order valence-corrected chi connectivity index (χ1v) is 8.84. The molecule has 6 heteroatoms. The summed E-state index contributed by atoms with van der Waals surface area (Å²) >= 11 is 0. The van der Waals surface area contributed by atoms with Crippen LogP contribution in [0.3, 0.4) is 0 Å². The number of hydrogen-bond donors (Lipinski definition) is 1. The van der Waals surface area contributed by atoms with Gasteiger partial charge in [0.05, 0.1) is 19.0 Å². The van der Waals surface area contributed by atoms with E-state index in [-0.39, 0.29) is 11.8 Å². The summed E-state index contributed by atoms with van der Waals surface area (Å²) in [5.74, 6) is 0.214. The Labute approximate surface area is 116 Å². The molecular formula is C13H25NO4S. The van der Waals surface area contributed by atoms with E-state index >= 15 is 0 Å². The van der Waals surface area contributed by atoms with Gasteiger partial charge in [0.25, 0.3) is 0 Å². The summed E-state index contributed by atoms with van der Waals surface area (Å²) in [6, 6.07) is 0.0376. The first-order valence-electron chi connectivity index (χ1n) is 7.19. The average molecular weight is 291 g/mol. The predicted molar refractivity (Wildman–Crippen MR) is 73.3 cm³/mol. The van der Waals surface area contributed by atoms with Crippen molar-refractivity contribution in [2.45, 2.75) is 57.8 Å². The van der Waals surface area contributed by atoms with E-state index in [4.69, 9.17) is 9.47 Å². The normalized spacial score (nSPS) is 24.4. The molecular weight excluding hydrogens is 266 g/mol. The molecule has 112 valence electrons. The lowest BCUT2D eigenvalue weighted by atomic mass is 9.91. The Balaban J connectivity index is 1.78. The Bertz CT molecular complexity index is 377. The van der Waals surface area contributed by atoms with Crippen molar-refractivity contribution in [2.24, 2.45) is 5.92 Å².